The maximum Gasteiger partial charge on any atom is 0.308 e. The minimum absolute atomic E-state index is 0.0988. The smallest absolute Gasteiger partial charge is 0.308 e. The van der Waals surface area contributed by atoms with Gasteiger partial charge in [-0.05, 0) is 100 Å². The van der Waals surface area contributed by atoms with Crippen LogP contribution in [0.2, 0.25) is 54.4 Å². The van der Waals surface area contributed by atoms with Crippen molar-refractivity contribution in [3.8, 4) is 0 Å². The minimum Gasteiger partial charge on any atom is -0.457 e. The summed E-state index contributed by atoms with van der Waals surface area (Å²) in [5.41, 5.74) is -0.992. The Hall–Kier alpha value is -0.899. The number of hydrogen-bond donors (Lipinski definition) is 2. The molecule has 1 saturated heterocycles. The number of esters is 1. The van der Waals surface area contributed by atoms with Gasteiger partial charge in [0.25, 0.3) is 0 Å². The molecule has 2 heterocycles. The summed E-state index contributed by atoms with van der Waals surface area (Å²) in [5, 5.41) is 22.4. The summed E-state index contributed by atoms with van der Waals surface area (Å²) in [6.45, 7) is 32.7. The molecule has 0 aromatic heterocycles. The Bertz CT molecular complexity index is 1270. The molecule has 0 aliphatic carbocycles. The average Bonchev–Trinajstić information content (AvgIpc) is 3.97. The van der Waals surface area contributed by atoms with Gasteiger partial charge in [-0.15, -0.1) is 0 Å². The van der Waals surface area contributed by atoms with Crippen molar-refractivity contribution < 1.29 is 37.8 Å². The van der Waals surface area contributed by atoms with Crippen LogP contribution in [0.5, 0.6) is 0 Å². The van der Waals surface area contributed by atoms with Gasteiger partial charge in [-0.25, -0.2) is 0 Å². The SMILES string of the molecule is CC[C@H](O[Si](CC)(CC)CC)[C@@H](C)[C@H]1O[C@@H]1C[C@](C)(/C=C/C=C(\C)[C@H]1OC(=O)C[C@H](O[Si](CC)(CC)CC)CC[C@@](C)(O)[C@@H](O)/C=C/[C@@H]1C)O[Si](CC)(CC)CC. The second-order valence-electron chi connectivity index (χ2n) is 18.1. The largest absolute Gasteiger partial charge is 0.457 e. The third-order valence-corrected chi connectivity index (χ3v) is 28.5. The first kappa shape index (κ1) is 52.2. The topological polar surface area (TPSA) is 107 Å². The Morgan fingerprint density at radius 3 is 1.98 bits per heavy atom. The Morgan fingerprint density at radius 2 is 1.47 bits per heavy atom. The van der Waals surface area contributed by atoms with Gasteiger partial charge in [0.15, 0.2) is 25.0 Å². The maximum atomic E-state index is 13.7. The molecule has 0 saturated carbocycles. The summed E-state index contributed by atoms with van der Waals surface area (Å²) < 4.78 is 33.9. The second-order valence-corrected chi connectivity index (χ2v) is 32.3. The highest BCUT2D eigenvalue weighted by Crippen LogP contribution is 2.42. The summed E-state index contributed by atoms with van der Waals surface area (Å²) >= 11 is 0. The molecule has 1 fully saturated rings. The van der Waals surface area contributed by atoms with Crippen LogP contribution in [0.15, 0.2) is 36.0 Å². The fourth-order valence-corrected chi connectivity index (χ4v) is 18.1. The van der Waals surface area contributed by atoms with E-state index >= 15 is 0 Å². The standard InChI is InChI=1S/C46H88O8Si3/c1-16-39(53-56(20-5,21-6)22-7)37(13)44-40(50-44)34-45(14,54-57(23-8,24-9)25-10)31-26-27-35(11)43-36(12)28-29-41(47)46(15,49)32-30-38(33-42(48)51-43)52-55(17-2,18-3)19-4/h26-29,31,36-41,43-44,47,49H,16-25,30,32-34H2,1-15H3/b29-28+,31-26+,35-27+/t36-,37+,38+,39-,40+,41-,43+,44+,45-,46+/m0/s1. The third kappa shape index (κ3) is 14.6. The van der Waals surface area contributed by atoms with Gasteiger partial charge in [-0.1, -0.05) is 113 Å². The summed E-state index contributed by atoms with van der Waals surface area (Å²) in [6, 6.07) is 9.47. The molecule has 2 rings (SSSR count). The van der Waals surface area contributed by atoms with Crippen LogP contribution in [-0.4, -0.2) is 89.0 Å². The van der Waals surface area contributed by atoms with Gasteiger partial charge in [0, 0.05) is 24.4 Å². The lowest BCUT2D eigenvalue weighted by molar-refractivity contribution is -0.151. The van der Waals surface area contributed by atoms with E-state index < -0.39 is 48.4 Å². The van der Waals surface area contributed by atoms with E-state index in [0.29, 0.717) is 18.8 Å². The van der Waals surface area contributed by atoms with Crippen molar-refractivity contribution in [3.05, 3.63) is 36.0 Å². The Morgan fingerprint density at radius 1 is 0.930 bits per heavy atom. The number of hydrogen-bond acceptors (Lipinski definition) is 8. The van der Waals surface area contributed by atoms with Crippen LogP contribution < -0.4 is 0 Å². The highest BCUT2D eigenvalue weighted by molar-refractivity contribution is 6.74. The third-order valence-electron chi connectivity index (χ3n) is 14.4. The molecule has 0 radical (unpaired) electrons. The number of aliphatic hydroxyl groups excluding tert-OH is 1. The van der Waals surface area contributed by atoms with E-state index in [1.165, 1.54) is 0 Å². The molecule has 2 aliphatic rings. The normalized spacial score (nSPS) is 29.9. The minimum atomic E-state index is -2.05. The first-order valence-electron chi connectivity index (χ1n) is 23.1. The number of epoxide rings is 1. The van der Waals surface area contributed by atoms with Crippen LogP contribution in [-0.2, 0) is 27.5 Å². The number of aliphatic hydroxyl groups is 2. The molecule has 0 unspecified atom stereocenters. The quantitative estimate of drug-likeness (QED) is 0.0344. The van der Waals surface area contributed by atoms with Crippen molar-refractivity contribution in [1.29, 1.82) is 0 Å². The molecule has 332 valence electrons. The van der Waals surface area contributed by atoms with Crippen LogP contribution in [0.3, 0.4) is 0 Å². The fraction of sp³-hybridized carbons (Fsp3) is 0.848. The maximum absolute atomic E-state index is 13.7. The van der Waals surface area contributed by atoms with Gasteiger partial charge in [0.1, 0.15) is 12.2 Å². The van der Waals surface area contributed by atoms with Crippen molar-refractivity contribution in [1.82, 2.24) is 0 Å². The molecular weight excluding hydrogens is 765 g/mol. The van der Waals surface area contributed by atoms with Crippen molar-refractivity contribution in [3.63, 3.8) is 0 Å². The van der Waals surface area contributed by atoms with Crippen LogP contribution >= 0.6 is 0 Å². The predicted molar refractivity (Wildman–Crippen MR) is 245 cm³/mol. The lowest BCUT2D eigenvalue weighted by Gasteiger charge is -2.39. The van der Waals surface area contributed by atoms with Gasteiger partial charge in [-0.3, -0.25) is 4.79 Å². The van der Waals surface area contributed by atoms with E-state index in [2.05, 4.69) is 95.2 Å². The second kappa shape index (κ2) is 23.4. The van der Waals surface area contributed by atoms with Gasteiger partial charge in [0.05, 0.1) is 35.9 Å². The zero-order valence-corrected chi connectivity index (χ0v) is 42.2. The summed E-state index contributed by atoms with van der Waals surface area (Å²) in [7, 11) is -5.81. The van der Waals surface area contributed by atoms with E-state index in [1.54, 1.807) is 13.0 Å². The van der Waals surface area contributed by atoms with Crippen molar-refractivity contribution in [2.75, 3.05) is 0 Å². The zero-order chi connectivity index (χ0) is 43.2. The summed E-state index contributed by atoms with van der Waals surface area (Å²) in [4.78, 5) is 13.7. The lowest BCUT2D eigenvalue weighted by atomic mass is 9.89. The highest BCUT2D eigenvalue weighted by Gasteiger charge is 2.50. The molecule has 0 aromatic carbocycles. The molecule has 8 nitrogen and oxygen atoms in total. The number of carbonyl (C=O) groups is 1. The average molecular weight is 853 g/mol. The number of rotatable bonds is 23. The van der Waals surface area contributed by atoms with Crippen LogP contribution in [0.4, 0.5) is 0 Å². The number of carbonyl (C=O) groups excluding carboxylic acids is 1. The first-order chi connectivity index (χ1) is 26.8. The van der Waals surface area contributed by atoms with E-state index in [-0.39, 0.29) is 42.7 Å². The summed E-state index contributed by atoms with van der Waals surface area (Å²) in [5.74, 6) is -0.240. The van der Waals surface area contributed by atoms with Gasteiger partial charge in [-0.2, -0.15) is 0 Å². The van der Waals surface area contributed by atoms with E-state index in [4.69, 9.17) is 22.8 Å². The first-order valence-corrected chi connectivity index (χ1v) is 30.7. The summed E-state index contributed by atoms with van der Waals surface area (Å²) in [6.07, 6.45) is 10.9. The molecule has 2 aliphatic heterocycles. The van der Waals surface area contributed by atoms with Crippen molar-refractivity contribution in [2.24, 2.45) is 11.8 Å². The van der Waals surface area contributed by atoms with Gasteiger partial charge < -0.3 is 33.0 Å². The zero-order valence-electron chi connectivity index (χ0n) is 39.2. The molecule has 11 heteroatoms. The Balaban J connectivity index is 2.45. The molecule has 0 amide bonds. The molecule has 2 N–H and O–H groups in total. The van der Waals surface area contributed by atoms with Gasteiger partial charge in [0.2, 0.25) is 0 Å². The molecule has 0 spiro atoms. The Kier molecular flexibility index (Phi) is 21.4. The molecular formula is C46H88O8Si3. The molecule has 57 heavy (non-hydrogen) atoms. The molecule has 0 bridgehead atoms. The number of cyclic esters (lactones) is 1. The molecule has 10 atom stereocenters. The predicted octanol–water partition coefficient (Wildman–Crippen LogP) is 11.7. The van der Waals surface area contributed by atoms with E-state index in [9.17, 15) is 15.0 Å². The van der Waals surface area contributed by atoms with Crippen molar-refractivity contribution >= 4 is 30.9 Å². The number of ether oxygens (including phenoxy) is 2. The van der Waals surface area contributed by atoms with Crippen LogP contribution in [0.1, 0.15) is 136 Å². The van der Waals surface area contributed by atoms with E-state index in [1.807, 2.05) is 26.0 Å². The van der Waals surface area contributed by atoms with E-state index in [0.717, 1.165) is 72.8 Å². The van der Waals surface area contributed by atoms with Crippen LogP contribution in [0.25, 0.3) is 0 Å². The van der Waals surface area contributed by atoms with Crippen LogP contribution in [0, 0.1) is 11.8 Å². The fourth-order valence-electron chi connectivity index (χ4n) is 9.12. The van der Waals surface area contributed by atoms with Gasteiger partial charge >= 0.3 is 5.97 Å². The van der Waals surface area contributed by atoms with Crippen molar-refractivity contribution in [2.45, 2.75) is 238 Å². The Labute approximate surface area is 353 Å². The lowest BCUT2D eigenvalue weighted by Crippen LogP contribution is -2.46. The highest BCUT2D eigenvalue weighted by atomic mass is 28.4. The number of allylic oxidation sites excluding steroid dienone is 2. The monoisotopic (exact) mass is 853 g/mol. The molecule has 0 aromatic rings.